The van der Waals surface area contributed by atoms with Crippen LogP contribution in [0.5, 0.6) is 0 Å². The van der Waals surface area contributed by atoms with E-state index in [-0.39, 0.29) is 11.3 Å². The summed E-state index contributed by atoms with van der Waals surface area (Å²) in [5.41, 5.74) is 0.106. The lowest BCUT2D eigenvalue weighted by Gasteiger charge is -2.44. The number of aldehydes is 1. The van der Waals surface area contributed by atoms with E-state index in [1.807, 2.05) is 6.92 Å². The Morgan fingerprint density at radius 1 is 1.57 bits per heavy atom. The summed E-state index contributed by atoms with van der Waals surface area (Å²) in [4.78, 5) is 11.0. The molecule has 3 atom stereocenters. The molecule has 0 bridgehead atoms. The lowest BCUT2D eigenvalue weighted by atomic mass is 9.61. The van der Waals surface area contributed by atoms with E-state index in [9.17, 15) is 4.79 Å². The Balaban J connectivity index is 2.82. The van der Waals surface area contributed by atoms with Gasteiger partial charge in [-0.15, -0.1) is 0 Å². The van der Waals surface area contributed by atoms with Crippen LogP contribution in [0.1, 0.15) is 39.5 Å². The highest BCUT2D eigenvalue weighted by atomic mass is 16.5. The molecule has 1 aliphatic rings. The molecule has 1 fully saturated rings. The van der Waals surface area contributed by atoms with Gasteiger partial charge in [-0.1, -0.05) is 33.1 Å². The maximum atomic E-state index is 11.0. The van der Waals surface area contributed by atoms with E-state index in [1.54, 1.807) is 7.11 Å². The number of ether oxygens (including phenoxy) is 1. The Bertz CT molecular complexity index is 187. The standard InChI is InChI=1S/C12H22O2/c1-10-6-4-5-7-12(10,9-14-3)11(2)8-13/h8,10-11H,4-7,9H2,1-3H3. The number of carbonyl (C=O) groups is 1. The van der Waals surface area contributed by atoms with Crippen LogP contribution in [0.15, 0.2) is 0 Å². The minimum absolute atomic E-state index is 0.106. The second-order valence-corrected chi connectivity index (χ2v) is 4.74. The molecular formula is C12H22O2. The van der Waals surface area contributed by atoms with Crippen LogP contribution in [0, 0.1) is 17.3 Å². The van der Waals surface area contributed by atoms with Gasteiger partial charge in [0.15, 0.2) is 0 Å². The summed E-state index contributed by atoms with van der Waals surface area (Å²) < 4.78 is 5.32. The van der Waals surface area contributed by atoms with Crippen molar-refractivity contribution in [3.05, 3.63) is 0 Å². The minimum Gasteiger partial charge on any atom is -0.384 e. The molecule has 0 aromatic heterocycles. The molecule has 82 valence electrons. The van der Waals surface area contributed by atoms with Gasteiger partial charge in [-0.25, -0.2) is 0 Å². The van der Waals surface area contributed by atoms with Gasteiger partial charge in [-0.05, 0) is 12.3 Å². The van der Waals surface area contributed by atoms with Crippen molar-refractivity contribution in [2.45, 2.75) is 39.5 Å². The summed E-state index contributed by atoms with van der Waals surface area (Å²) in [6, 6.07) is 0. The Morgan fingerprint density at radius 3 is 2.79 bits per heavy atom. The van der Waals surface area contributed by atoms with Crippen LogP contribution in [0.2, 0.25) is 0 Å². The minimum atomic E-state index is 0.106. The molecule has 0 aromatic rings. The summed E-state index contributed by atoms with van der Waals surface area (Å²) in [6.45, 7) is 5.03. The van der Waals surface area contributed by atoms with Crippen LogP contribution in [-0.2, 0) is 9.53 Å². The van der Waals surface area contributed by atoms with Gasteiger partial charge in [0.1, 0.15) is 6.29 Å². The van der Waals surface area contributed by atoms with Crippen LogP contribution in [0.25, 0.3) is 0 Å². The highest BCUT2D eigenvalue weighted by Crippen LogP contribution is 2.46. The fourth-order valence-corrected chi connectivity index (χ4v) is 2.87. The van der Waals surface area contributed by atoms with Crippen molar-refractivity contribution in [2.75, 3.05) is 13.7 Å². The molecule has 14 heavy (non-hydrogen) atoms. The third kappa shape index (κ3) is 2.00. The second-order valence-electron chi connectivity index (χ2n) is 4.74. The van der Waals surface area contributed by atoms with Crippen molar-refractivity contribution >= 4 is 6.29 Å². The third-order valence-electron chi connectivity index (χ3n) is 4.03. The van der Waals surface area contributed by atoms with Gasteiger partial charge in [0.2, 0.25) is 0 Å². The molecule has 2 nitrogen and oxygen atoms in total. The van der Waals surface area contributed by atoms with Crippen LogP contribution >= 0.6 is 0 Å². The average molecular weight is 198 g/mol. The number of hydrogen-bond donors (Lipinski definition) is 0. The molecule has 1 saturated carbocycles. The second kappa shape index (κ2) is 4.92. The predicted octanol–water partition coefficient (Wildman–Crippen LogP) is 2.66. The predicted molar refractivity (Wildman–Crippen MR) is 57.2 cm³/mol. The van der Waals surface area contributed by atoms with Crippen molar-refractivity contribution in [2.24, 2.45) is 17.3 Å². The van der Waals surface area contributed by atoms with Crippen LogP contribution < -0.4 is 0 Å². The first-order valence-corrected chi connectivity index (χ1v) is 5.61. The molecular weight excluding hydrogens is 176 g/mol. The van der Waals surface area contributed by atoms with Gasteiger partial charge in [-0.3, -0.25) is 0 Å². The van der Waals surface area contributed by atoms with Crippen LogP contribution in [0.3, 0.4) is 0 Å². The summed E-state index contributed by atoms with van der Waals surface area (Å²) in [7, 11) is 1.74. The molecule has 0 radical (unpaired) electrons. The molecule has 1 rings (SSSR count). The van der Waals surface area contributed by atoms with E-state index >= 15 is 0 Å². The topological polar surface area (TPSA) is 26.3 Å². The van der Waals surface area contributed by atoms with Crippen molar-refractivity contribution < 1.29 is 9.53 Å². The van der Waals surface area contributed by atoms with Crippen molar-refractivity contribution in [1.29, 1.82) is 0 Å². The highest BCUT2D eigenvalue weighted by Gasteiger charge is 2.42. The summed E-state index contributed by atoms with van der Waals surface area (Å²) in [6.07, 6.45) is 6.02. The molecule has 1 aliphatic carbocycles. The number of rotatable bonds is 4. The van der Waals surface area contributed by atoms with Crippen LogP contribution in [0.4, 0.5) is 0 Å². The highest BCUT2D eigenvalue weighted by molar-refractivity contribution is 5.54. The molecule has 0 spiro atoms. The molecule has 0 saturated heterocycles. The van der Waals surface area contributed by atoms with Gasteiger partial charge in [0, 0.05) is 18.4 Å². The lowest BCUT2D eigenvalue weighted by Crippen LogP contribution is -2.42. The molecule has 0 heterocycles. The smallest absolute Gasteiger partial charge is 0.123 e. The maximum absolute atomic E-state index is 11.0. The summed E-state index contributed by atoms with van der Waals surface area (Å²) in [5.74, 6) is 0.731. The molecule has 0 aromatic carbocycles. The van der Waals surface area contributed by atoms with E-state index in [4.69, 9.17) is 4.74 Å². The molecule has 3 unspecified atom stereocenters. The first-order valence-electron chi connectivity index (χ1n) is 5.61. The van der Waals surface area contributed by atoms with E-state index in [0.29, 0.717) is 5.92 Å². The quantitative estimate of drug-likeness (QED) is 0.649. The van der Waals surface area contributed by atoms with Gasteiger partial charge >= 0.3 is 0 Å². The first kappa shape index (κ1) is 11.7. The Hall–Kier alpha value is -0.370. The van der Waals surface area contributed by atoms with E-state index in [0.717, 1.165) is 19.3 Å². The SMILES string of the molecule is COCC1(C(C)C=O)CCCCC1C. The summed E-state index contributed by atoms with van der Waals surface area (Å²) >= 11 is 0. The number of hydrogen-bond acceptors (Lipinski definition) is 2. The normalized spacial score (nSPS) is 35.2. The van der Waals surface area contributed by atoms with Crippen LogP contribution in [-0.4, -0.2) is 20.0 Å². The van der Waals surface area contributed by atoms with Crippen molar-refractivity contribution in [3.8, 4) is 0 Å². The fourth-order valence-electron chi connectivity index (χ4n) is 2.87. The van der Waals surface area contributed by atoms with Crippen molar-refractivity contribution in [3.63, 3.8) is 0 Å². The fraction of sp³-hybridized carbons (Fsp3) is 0.917. The van der Waals surface area contributed by atoms with E-state index in [2.05, 4.69) is 6.92 Å². The Kier molecular flexibility index (Phi) is 4.11. The molecule has 0 N–H and O–H groups in total. The monoisotopic (exact) mass is 198 g/mol. The largest absolute Gasteiger partial charge is 0.384 e. The van der Waals surface area contributed by atoms with Crippen molar-refractivity contribution in [1.82, 2.24) is 0 Å². The summed E-state index contributed by atoms with van der Waals surface area (Å²) in [5, 5.41) is 0. The molecule has 0 amide bonds. The van der Waals surface area contributed by atoms with E-state index in [1.165, 1.54) is 19.3 Å². The lowest BCUT2D eigenvalue weighted by molar-refractivity contribution is -0.120. The number of methoxy groups -OCH3 is 1. The van der Waals surface area contributed by atoms with E-state index < -0.39 is 0 Å². The van der Waals surface area contributed by atoms with Gasteiger partial charge in [0.05, 0.1) is 6.61 Å². The number of carbonyl (C=O) groups excluding carboxylic acids is 1. The Morgan fingerprint density at radius 2 is 2.29 bits per heavy atom. The molecule has 2 heteroatoms. The average Bonchev–Trinajstić information content (AvgIpc) is 2.20. The first-order chi connectivity index (χ1) is 6.67. The zero-order valence-electron chi connectivity index (χ0n) is 9.58. The molecule has 0 aliphatic heterocycles. The zero-order chi connectivity index (χ0) is 10.6. The van der Waals surface area contributed by atoms with Gasteiger partial charge < -0.3 is 9.53 Å². The Labute approximate surface area is 87.0 Å². The maximum Gasteiger partial charge on any atom is 0.123 e. The van der Waals surface area contributed by atoms with Gasteiger partial charge in [-0.2, -0.15) is 0 Å². The van der Waals surface area contributed by atoms with Gasteiger partial charge in [0.25, 0.3) is 0 Å². The zero-order valence-corrected chi connectivity index (χ0v) is 9.58. The third-order valence-corrected chi connectivity index (χ3v) is 4.03.